The normalized spacial score (nSPS) is 11.6. The number of carbonyl (C=O) groups excluding carboxylic acids is 1. The van der Waals surface area contributed by atoms with Crippen LogP contribution in [0.3, 0.4) is 0 Å². The number of nitrogens with two attached hydrogens (primary N) is 1. The number of amides is 1. The van der Waals surface area contributed by atoms with Crippen molar-refractivity contribution < 1.29 is 4.79 Å². The van der Waals surface area contributed by atoms with Crippen LogP contribution in [0.5, 0.6) is 0 Å². The van der Waals surface area contributed by atoms with E-state index in [9.17, 15) is 4.79 Å². The Labute approximate surface area is 137 Å². The van der Waals surface area contributed by atoms with Gasteiger partial charge in [0.1, 0.15) is 0 Å². The predicted octanol–water partition coefficient (Wildman–Crippen LogP) is 2.98. The van der Waals surface area contributed by atoms with Gasteiger partial charge in [-0.1, -0.05) is 25.5 Å². The molecule has 0 spiro atoms. The lowest BCUT2D eigenvalue weighted by molar-refractivity contribution is -0.117. The number of aromatic nitrogens is 2. The highest BCUT2D eigenvalue weighted by molar-refractivity contribution is 5.96. The van der Waals surface area contributed by atoms with E-state index in [-0.39, 0.29) is 18.3 Å². The third-order valence-corrected chi connectivity index (χ3v) is 3.34. The maximum atomic E-state index is 12.1. The van der Waals surface area contributed by atoms with Crippen LogP contribution in [0.4, 0.5) is 5.69 Å². The van der Waals surface area contributed by atoms with Crippen molar-refractivity contribution in [1.82, 2.24) is 9.78 Å². The van der Waals surface area contributed by atoms with Crippen LogP contribution in [0.1, 0.15) is 31.2 Å². The Kier molecular flexibility index (Phi) is 6.59. The molecule has 0 fully saturated rings. The molecule has 1 aromatic carbocycles. The molecule has 2 rings (SSSR count). The van der Waals surface area contributed by atoms with E-state index in [0.717, 1.165) is 29.2 Å². The van der Waals surface area contributed by atoms with Gasteiger partial charge in [0, 0.05) is 5.69 Å². The summed E-state index contributed by atoms with van der Waals surface area (Å²) in [6.07, 6.45) is 1.56. The van der Waals surface area contributed by atoms with Crippen molar-refractivity contribution in [3.8, 4) is 5.69 Å². The maximum absolute atomic E-state index is 12.1. The lowest BCUT2D eigenvalue weighted by atomic mass is 10.1. The number of nitrogens with one attached hydrogen (secondary N) is 1. The van der Waals surface area contributed by atoms with Gasteiger partial charge in [0.2, 0.25) is 5.91 Å². The summed E-state index contributed by atoms with van der Waals surface area (Å²) in [6, 6.07) is 9.12. The molecule has 0 radical (unpaired) electrons. The molecule has 120 valence electrons. The molecular weight excluding hydrogens is 300 g/mol. The molecule has 3 N–H and O–H groups in total. The van der Waals surface area contributed by atoms with Crippen LogP contribution < -0.4 is 11.1 Å². The Bertz CT molecular complexity index is 639. The lowest BCUT2D eigenvalue weighted by Gasteiger charge is -2.15. The Balaban J connectivity index is 0.00000242. The molecule has 1 heterocycles. The number of rotatable bonds is 5. The van der Waals surface area contributed by atoms with Crippen molar-refractivity contribution in [1.29, 1.82) is 0 Å². The quantitative estimate of drug-likeness (QED) is 0.888. The lowest BCUT2D eigenvalue weighted by Crippen LogP contribution is -2.35. The number of aryl methyl sites for hydroxylation is 2. The maximum Gasteiger partial charge on any atom is 0.241 e. The summed E-state index contributed by atoms with van der Waals surface area (Å²) in [5, 5.41) is 7.37. The van der Waals surface area contributed by atoms with Crippen molar-refractivity contribution in [3.63, 3.8) is 0 Å². The number of benzene rings is 1. The average molecular weight is 323 g/mol. The first-order valence-corrected chi connectivity index (χ1v) is 7.22. The van der Waals surface area contributed by atoms with E-state index in [2.05, 4.69) is 10.4 Å². The monoisotopic (exact) mass is 322 g/mol. The van der Waals surface area contributed by atoms with E-state index < -0.39 is 6.04 Å². The highest BCUT2D eigenvalue weighted by atomic mass is 35.5. The molecule has 0 aliphatic carbocycles. The Hall–Kier alpha value is -1.85. The minimum absolute atomic E-state index is 0. The van der Waals surface area contributed by atoms with Crippen LogP contribution in [0, 0.1) is 13.8 Å². The zero-order chi connectivity index (χ0) is 15.4. The van der Waals surface area contributed by atoms with Crippen molar-refractivity contribution >= 4 is 24.0 Å². The van der Waals surface area contributed by atoms with E-state index in [1.165, 1.54) is 0 Å². The number of carbonyl (C=O) groups is 1. The Morgan fingerprint density at radius 3 is 2.64 bits per heavy atom. The largest absolute Gasteiger partial charge is 0.323 e. The minimum atomic E-state index is -0.483. The molecule has 0 aliphatic rings. The fraction of sp³-hybridized carbons (Fsp3) is 0.375. The third-order valence-electron chi connectivity index (χ3n) is 3.34. The second-order valence-electron chi connectivity index (χ2n) is 5.24. The molecule has 0 saturated heterocycles. The van der Waals surface area contributed by atoms with Crippen LogP contribution >= 0.6 is 12.4 Å². The zero-order valence-electron chi connectivity index (χ0n) is 13.2. The molecule has 0 bridgehead atoms. The van der Waals surface area contributed by atoms with Gasteiger partial charge < -0.3 is 11.1 Å². The molecule has 22 heavy (non-hydrogen) atoms. The molecule has 1 unspecified atom stereocenters. The number of halogens is 1. The van der Waals surface area contributed by atoms with Crippen LogP contribution in [0.25, 0.3) is 5.69 Å². The smallest absolute Gasteiger partial charge is 0.241 e. The highest BCUT2D eigenvalue weighted by Crippen LogP contribution is 2.21. The standard InChI is InChI=1S/C16H22N4O.ClH/c1-4-7-13(17)16(21)18-14-8-5-6-9-15(14)20-12(3)10-11(2)19-20;/h5-6,8-10,13H,4,7,17H2,1-3H3,(H,18,21);1H. The zero-order valence-corrected chi connectivity index (χ0v) is 14.0. The summed E-state index contributed by atoms with van der Waals surface area (Å²) in [5.41, 5.74) is 9.40. The average Bonchev–Trinajstić information content (AvgIpc) is 2.78. The Morgan fingerprint density at radius 2 is 2.05 bits per heavy atom. The number of nitrogens with zero attached hydrogens (tertiary/aromatic N) is 2. The van der Waals surface area contributed by atoms with E-state index >= 15 is 0 Å². The first kappa shape index (κ1) is 18.2. The summed E-state index contributed by atoms with van der Waals surface area (Å²) < 4.78 is 1.83. The molecule has 1 amide bonds. The molecule has 0 saturated carbocycles. The minimum Gasteiger partial charge on any atom is -0.323 e. The molecule has 0 aliphatic heterocycles. The highest BCUT2D eigenvalue weighted by Gasteiger charge is 2.15. The summed E-state index contributed by atoms with van der Waals surface area (Å²) in [5.74, 6) is -0.161. The predicted molar refractivity (Wildman–Crippen MR) is 91.8 cm³/mol. The van der Waals surface area contributed by atoms with Gasteiger partial charge in [-0.15, -0.1) is 12.4 Å². The van der Waals surface area contributed by atoms with E-state index in [4.69, 9.17) is 5.73 Å². The van der Waals surface area contributed by atoms with E-state index in [1.54, 1.807) is 0 Å². The topological polar surface area (TPSA) is 72.9 Å². The van der Waals surface area contributed by atoms with E-state index in [0.29, 0.717) is 6.42 Å². The molecule has 6 heteroatoms. The van der Waals surface area contributed by atoms with Gasteiger partial charge in [0.25, 0.3) is 0 Å². The third kappa shape index (κ3) is 4.08. The second-order valence-corrected chi connectivity index (χ2v) is 5.24. The van der Waals surface area contributed by atoms with Crippen LogP contribution in [0.15, 0.2) is 30.3 Å². The van der Waals surface area contributed by atoms with Crippen LogP contribution in [-0.2, 0) is 4.79 Å². The number of hydrogen-bond acceptors (Lipinski definition) is 3. The molecule has 1 atom stereocenters. The number of para-hydroxylation sites is 2. The number of hydrogen-bond donors (Lipinski definition) is 2. The fourth-order valence-electron chi connectivity index (χ4n) is 2.30. The van der Waals surface area contributed by atoms with Gasteiger partial charge in [-0.3, -0.25) is 4.79 Å². The van der Waals surface area contributed by atoms with Gasteiger partial charge in [-0.05, 0) is 38.5 Å². The number of anilines is 1. The first-order chi connectivity index (χ1) is 10.0. The van der Waals surface area contributed by atoms with Crippen LogP contribution in [0.2, 0.25) is 0 Å². The molecule has 1 aromatic heterocycles. The van der Waals surface area contributed by atoms with Crippen molar-refractivity contribution in [2.24, 2.45) is 5.73 Å². The van der Waals surface area contributed by atoms with Crippen LogP contribution in [-0.4, -0.2) is 21.7 Å². The first-order valence-electron chi connectivity index (χ1n) is 7.22. The SMILES string of the molecule is CCCC(N)C(=O)Nc1ccccc1-n1nc(C)cc1C.Cl. The van der Waals surface area contributed by atoms with Gasteiger partial charge in [0.15, 0.2) is 0 Å². The second kappa shape index (κ2) is 7.96. The molecule has 5 nitrogen and oxygen atoms in total. The molecule has 2 aromatic rings. The van der Waals surface area contributed by atoms with Crippen molar-refractivity contribution in [2.75, 3.05) is 5.32 Å². The van der Waals surface area contributed by atoms with Crippen molar-refractivity contribution in [2.45, 2.75) is 39.7 Å². The van der Waals surface area contributed by atoms with E-state index in [1.807, 2.05) is 55.8 Å². The molecular formula is C16H23ClN4O. The van der Waals surface area contributed by atoms with Crippen molar-refractivity contribution in [3.05, 3.63) is 41.7 Å². The van der Waals surface area contributed by atoms with Gasteiger partial charge in [0.05, 0.1) is 23.1 Å². The summed E-state index contributed by atoms with van der Waals surface area (Å²) >= 11 is 0. The Morgan fingerprint density at radius 1 is 1.36 bits per heavy atom. The van der Waals surface area contributed by atoms with Gasteiger partial charge >= 0.3 is 0 Å². The van der Waals surface area contributed by atoms with Gasteiger partial charge in [-0.25, -0.2) is 4.68 Å². The summed E-state index contributed by atoms with van der Waals surface area (Å²) in [4.78, 5) is 12.1. The van der Waals surface area contributed by atoms with Gasteiger partial charge in [-0.2, -0.15) is 5.10 Å². The summed E-state index contributed by atoms with van der Waals surface area (Å²) in [6.45, 7) is 5.94. The fourth-order valence-corrected chi connectivity index (χ4v) is 2.30. The summed E-state index contributed by atoms with van der Waals surface area (Å²) in [7, 11) is 0.